The van der Waals surface area contributed by atoms with E-state index in [1.165, 1.54) is 5.56 Å². The van der Waals surface area contributed by atoms with Crippen LogP contribution in [0.5, 0.6) is 5.75 Å². The fraction of sp³-hybridized carbons (Fsp3) is 0.333. The molecule has 0 aliphatic heterocycles. The van der Waals surface area contributed by atoms with Crippen molar-refractivity contribution < 1.29 is 9.84 Å². The normalized spacial score (nSPS) is 13.7. The van der Waals surface area contributed by atoms with Gasteiger partial charge in [-0.15, -0.1) is 0 Å². The van der Waals surface area contributed by atoms with Gasteiger partial charge in [0.05, 0.1) is 13.2 Å². The Morgan fingerprint density at radius 3 is 2.48 bits per heavy atom. The van der Waals surface area contributed by atoms with Crippen LogP contribution in [0.4, 0.5) is 0 Å². The van der Waals surface area contributed by atoms with Crippen LogP contribution >= 0.6 is 0 Å². The number of nitrogens with one attached hydrogen (secondary N) is 1. The Morgan fingerprint density at radius 2 is 1.81 bits per heavy atom. The molecular formula is C18H23NO2. The molecule has 0 heterocycles. The van der Waals surface area contributed by atoms with Gasteiger partial charge in [0.1, 0.15) is 5.75 Å². The summed E-state index contributed by atoms with van der Waals surface area (Å²) in [6, 6.07) is 16.1. The lowest BCUT2D eigenvalue weighted by atomic mass is 10.1. The Kier molecular flexibility index (Phi) is 5.37. The van der Waals surface area contributed by atoms with Gasteiger partial charge in [-0.3, -0.25) is 0 Å². The predicted octanol–water partition coefficient (Wildman–Crippen LogP) is 3.39. The first-order valence-corrected chi connectivity index (χ1v) is 7.22. The van der Waals surface area contributed by atoms with Crippen molar-refractivity contribution in [2.24, 2.45) is 0 Å². The molecule has 2 N–H and O–H groups in total. The summed E-state index contributed by atoms with van der Waals surface area (Å²) >= 11 is 0. The van der Waals surface area contributed by atoms with Gasteiger partial charge in [-0.1, -0.05) is 42.0 Å². The molecule has 21 heavy (non-hydrogen) atoms. The SMILES string of the molecule is COc1cccc([C@@H](C)NC[C@H](O)c2ccc(C)cc2)c1. The summed E-state index contributed by atoms with van der Waals surface area (Å²) < 4.78 is 5.23. The molecule has 0 saturated carbocycles. The van der Waals surface area contributed by atoms with Crippen LogP contribution in [0.2, 0.25) is 0 Å². The van der Waals surface area contributed by atoms with Crippen LogP contribution in [0, 0.1) is 6.92 Å². The van der Waals surface area contributed by atoms with Crippen LogP contribution in [-0.4, -0.2) is 18.8 Å². The van der Waals surface area contributed by atoms with Gasteiger partial charge in [0.15, 0.2) is 0 Å². The summed E-state index contributed by atoms with van der Waals surface area (Å²) in [6.45, 7) is 4.64. The summed E-state index contributed by atoms with van der Waals surface area (Å²) in [5.74, 6) is 0.847. The van der Waals surface area contributed by atoms with Crippen molar-refractivity contribution >= 4 is 0 Å². The minimum atomic E-state index is -0.501. The summed E-state index contributed by atoms with van der Waals surface area (Å²) in [5.41, 5.74) is 3.28. The molecule has 2 aromatic rings. The highest BCUT2D eigenvalue weighted by molar-refractivity contribution is 5.30. The first-order valence-electron chi connectivity index (χ1n) is 7.22. The number of hydrogen-bond donors (Lipinski definition) is 2. The van der Waals surface area contributed by atoms with E-state index in [0.29, 0.717) is 6.54 Å². The fourth-order valence-electron chi connectivity index (χ4n) is 2.22. The third-order valence-corrected chi connectivity index (χ3v) is 3.67. The maximum atomic E-state index is 10.2. The molecule has 0 radical (unpaired) electrons. The highest BCUT2D eigenvalue weighted by atomic mass is 16.5. The smallest absolute Gasteiger partial charge is 0.119 e. The van der Waals surface area contributed by atoms with E-state index in [9.17, 15) is 5.11 Å². The van der Waals surface area contributed by atoms with Crippen LogP contribution < -0.4 is 10.1 Å². The van der Waals surface area contributed by atoms with E-state index >= 15 is 0 Å². The van der Waals surface area contributed by atoms with Gasteiger partial charge in [-0.25, -0.2) is 0 Å². The monoisotopic (exact) mass is 285 g/mol. The summed E-state index contributed by atoms with van der Waals surface area (Å²) in [7, 11) is 1.67. The van der Waals surface area contributed by atoms with Crippen molar-refractivity contribution in [1.82, 2.24) is 5.32 Å². The topological polar surface area (TPSA) is 41.5 Å². The van der Waals surface area contributed by atoms with Crippen molar-refractivity contribution in [2.75, 3.05) is 13.7 Å². The highest BCUT2D eigenvalue weighted by Gasteiger charge is 2.11. The maximum Gasteiger partial charge on any atom is 0.119 e. The second-order valence-corrected chi connectivity index (χ2v) is 5.33. The Morgan fingerprint density at radius 1 is 1.10 bits per heavy atom. The van der Waals surface area contributed by atoms with Gasteiger partial charge in [0.2, 0.25) is 0 Å². The third-order valence-electron chi connectivity index (χ3n) is 3.67. The minimum absolute atomic E-state index is 0.153. The number of methoxy groups -OCH3 is 1. The highest BCUT2D eigenvalue weighted by Crippen LogP contribution is 2.20. The summed E-state index contributed by atoms with van der Waals surface area (Å²) in [6.07, 6.45) is -0.501. The zero-order valence-electron chi connectivity index (χ0n) is 12.8. The molecule has 0 aromatic heterocycles. The predicted molar refractivity (Wildman–Crippen MR) is 85.6 cm³/mol. The van der Waals surface area contributed by atoms with Crippen LogP contribution in [0.15, 0.2) is 48.5 Å². The van der Waals surface area contributed by atoms with Crippen molar-refractivity contribution in [3.05, 3.63) is 65.2 Å². The zero-order chi connectivity index (χ0) is 15.2. The molecule has 2 rings (SSSR count). The molecule has 0 aliphatic rings. The number of aliphatic hydroxyl groups excluding tert-OH is 1. The molecule has 0 aliphatic carbocycles. The Labute approximate surface area is 126 Å². The van der Waals surface area contributed by atoms with E-state index in [-0.39, 0.29) is 6.04 Å². The average molecular weight is 285 g/mol. The van der Waals surface area contributed by atoms with Gasteiger partial charge in [0, 0.05) is 12.6 Å². The van der Waals surface area contributed by atoms with E-state index in [1.54, 1.807) is 7.11 Å². The van der Waals surface area contributed by atoms with Gasteiger partial charge in [-0.05, 0) is 37.1 Å². The lowest BCUT2D eigenvalue weighted by Crippen LogP contribution is -2.24. The number of rotatable bonds is 6. The molecule has 3 nitrogen and oxygen atoms in total. The molecule has 3 heteroatoms. The van der Waals surface area contributed by atoms with Crippen LogP contribution in [0.25, 0.3) is 0 Å². The Balaban J connectivity index is 1.93. The second-order valence-electron chi connectivity index (χ2n) is 5.33. The molecule has 2 aromatic carbocycles. The maximum absolute atomic E-state index is 10.2. The lowest BCUT2D eigenvalue weighted by molar-refractivity contribution is 0.171. The second kappa shape index (κ2) is 7.25. The van der Waals surface area contributed by atoms with Crippen LogP contribution in [0.3, 0.4) is 0 Å². The van der Waals surface area contributed by atoms with Crippen molar-refractivity contribution in [3.63, 3.8) is 0 Å². The van der Waals surface area contributed by atoms with Gasteiger partial charge >= 0.3 is 0 Å². The van der Waals surface area contributed by atoms with Crippen LogP contribution in [0.1, 0.15) is 35.8 Å². The largest absolute Gasteiger partial charge is 0.497 e. The standard InChI is InChI=1S/C18H23NO2/c1-13-7-9-15(10-8-13)18(20)12-19-14(2)16-5-4-6-17(11-16)21-3/h4-11,14,18-20H,12H2,1-3H3/t14-,18+/m1/s1. The van der Waals surface area contributed by atoms with Gasteiger partial charge < -0.3 is 15.2 Å². The zero-order valence-corrected chi connectivity index (χ0v) is 12.8. The number of hydrogen-bond acceptors (Lipinski definition) is 3. The van der Waals surface area contributed by atoms with Crippen LogP contribution in [-0.2, 0) is 0 Å². The molecule has 2 atom stereocenters. The average Bonchev–Trinajstić information content (AvgIpc) is 2.53. The van der Waals surface area contributed by atoms with Crippen molar-refractivity contribution in [3.8, 4) is 5.75 Å². The first-order chi connectivity index (χ1) is 10.1. The molecule has 0 amide bonds. The van der Waals surface area contributed by atoms with E-state index in [4.69, 9.17) is 4.74 Å². The molecule has 0 saturated heterocycles. The Hall–Kier alpha value is -1.84. The molecule has 0 bridgehead atoms. The van der Waals surface area contributed by atoms with Gasteiger partial charge in [0.25, 0.3) is 0 Å². The minimum Gasteiger partial charge on any atom is -0.497 e. The number of aryl methyl sites for hydroxylation is 1. The molecule has 0 unspecified atom stereocenters. The summed E-state index contributed by atoms with van der Waals surface area (Å²) in [4.78, 5) is 0. The molecule has 0 spiro atoms. The van der Waals surface area contributed by atoms with E-state index in [2.05, 4.69) is 18.3 Å². The first kappa shape index (κ1) is 15.5. The molecular weight excluding hydrogens is 262 g/mol. The quantitative estimate of drug-likeness (QED) is 0.855. The molecule has 112 valence electrons. The van der Waals surface area contributed by atoms with Gasteiger partial charge in [-0.2, -0.15) is 0 Å². The number of benzene rings is 2. The number of aliphatic hydroxyl groups is 1. The van der Waals surface area contributed by atoms with E-state index in [0.717, 1.165) is 16.9 Å². The summed E-state index contributed by atoms with van der Waals surface area (Å²) in [5, 5.41) is 13.6. The third kappa shape index (κ3) is 4.31. The van der Waals surface area contributed by atoms with Crippen molar-refractivity contribution in [1.29, 1.82) is 0 Å². The van der Waals surface area contributed by atoms with E-state index < -0.39 is 6.10 Å². The fourth-order valence-corrected chi connectivity index (χ4v) is 2.22. The lowest BCUT2D eigenvalue weighted by Gasteiger charge is -2.18. The molecule has 0 fully saturated rings. The Bertz CT molecular complexity index is 566. The number of ether oxygens (including phenoxy) is 1. The van der Waals surface area contributed by atoms with Crippen molar-refractivity contribution in [2.45, 2.75) is 26.0 Å². The van der Waals surface area contributed by atoms with E-state index in [1.807, 2.05) is 49.4 Å².